The average molecular weight is 270 g/mol. The van der Waals surface area contributed by atoms with Crippen molar-refractivity contribution in [1.82, 2.24) is 0 Å². The van der Waals surface area contributed by atoms with Crippen molar-refractivity contribution in [3.8, 4) is 0 Å². The van der Waals surface area contributed by atoms with E-state index in [4.69, 9.17) is 10.5 Å². The molecule has 80 valence electrons. The van der Waals surface area contributed by atoms with Crippen molar-refractivity contribution in [3.63, 3.8) is 0 Å². The van der Waals surface area contributed by atoms with Gasteiger partial charge in [-0.1, -0.05) is 28.6 Å². The number of aryl methyl sites for hydroxylation is 1. The van der Waals surface area contributed by atoms with Crippen molar-refractivity contribution in [2.75, 3.05) is 12.3 Å². The Labute approximate surface area is 97.0 Å². The number of hydrogen-bond donors (Lipinski definition) is 1. The number of carbonyl (C=O) groups is 1. The molecule has 0 aliphatic carbocycles. The number of nitrogens with two attached hydrogens (primary N) is 1. The Kier molecular flexibility index (Phi) is 3.91. The third-order valence-electron chi connectivity index (χ3n) is 1.90. The molecular weight excluding hydrogens is 258 g/mol. The molecule has 0 unspecified atom stereocenters. The SMILES string of the molecule is C=CCOC(=O)c1cc(Br)cc(C)c1N. The molecule has 15 heavy (non-hydrogen) atoms. The number of benzene rings is 1. The van der Waals surface area contributed by atoms with Crippen LogP contribution in [0.2, 0.25) is 0 Å². The lowest BCUT2D eigenvalue weighted by Gasteiger charge is -2.08. The fraction of sp³-hybridized carbons (Fsp3) is 0.182. The first-order valence-electron chi connectivity index (χ1n) is 4.40. The smallest absolute Gasteiger partial charge is 0.340 e. The Hall–Kier alpha value is -1.29. The maximum absolute atomic E-state index is 11.6. The third kappa shape index (κ3) is 2.83. The summed E-state index contributed by atoms with van der Waals surface area (Å²) in [7, 11) is 0. The van der Waals surface area contributed by atoms with Crippen LogP contribution in [0.25, 0.3) is 0 Å². The molecule has 0 radical (unpaired) electrons. The van der Waals surface area contributed by atoms with E-state index in [2.05, 4.69) is 22.5 Å². The minimum absolute atomic E-state index is 0.184. The van der Waals surface area contributed by atoms with Crippen molar-refractivity contribution in [2.45, 2.75) is 6.92 Å². The maximum atomic E-state index is 11.6. The standard InChI is InChI=1S/C11H12BrNO2/c1-3-4-15-11(14)9-6-8(12)5-7(2)10(9)13/h3,5-6H,1,4,13H2,2H3. The summed E-state index contributed by atoms with van der Waals surface area (Å²) < 4.78 is 5.72. The Morgan fingerprint density at radius 3 is 2.93 bits per heavy atom. The summed E-state index contributed by atoms with van der Waals surface area (Å²) in [4.78, 5) is 11.6. The molecule has 0 aromatic heterocycles. The van der Waals surface area contributed by atoms with Gasteiger partial charge in [0.25, 0.3) is 0 Å². The van der Waals surface area contributed by atoms with Crippen LogP contribution in [0.3, 0.4) is 0 Å². The molecule has 0 saturated carbocycles. The number of carbonyl (C=O) groups excluding carboxylic acids is 1. The Bertz CT molecular complexity index is 402. The fourth-order valence-electron chi connectivity index (χ4n) is 1.14. The van der Waals surface area contributed by atoms with Crippen molar-refractivity contribution < 1.29 is 9.53 Å². The van der Waals surface area contributed by atoms with E-state index in [1.807, 2.05) is 13.0 Å². The molecule has 1 rings (SSSR count). The van der Waals surface area contributed by atoms with Gasteiger partial charge in [-0.3, -0.25) is 0 Å². The topological polar surface area (TPSA) is 52.3 Å². The number of nitrogen functional groups attached to an aromatic ring is 1. The van der Waals surface area contributed by atoms with Crippen molar-refractivity contribution >= 4 is 27.6 Å². The first-order valence-corrected chi connectivity index (χ1v) is 5.19. The lowest BCUT2D eigenvalue weighted by atomic mass is 10.1. The van der Waals surface area contributed by atoms with Gasteiger partial charge in [0, 0.05) is 10.2 Å². The van der Waals surface area contributed by atoms with E-state index in [1.54, 1.807) is 6.07 Å². The highest BCUT2D eigenvalue weighted by atomic mass is 79.9. The molecular formula is C11H12BrNO2. The predicted octanol–water partition coefficient (Wildman–Crippen LogP) is 2.68. The highest BCUT2D eigenvalue weighted by molar-refractivity contribution is 9.10. The van der Waals surface area contributed by atoms with Crippen LogP contribution >= 0.6 is 15.9 Å². The van der Waals surface area contributed by atoms with Gasteiger partial charge < -0.3 is 10.5 Å². The maximum Gasteiger partial charge on any atom is 0.340 e. The van der Waals surface area contributed by atoms with Crippen molar-refractivity contribution in [2.24, 2.45) is 0 Å². The lowest BCUT2D eigenvalue weighted by molar-refractivity contribution is 0.0551. The van der Waals surface area contributed by atoms with Crippen molar-refractivity contribution in [3.05, 3.63) is 40.4 Å². The lowest BCUT2D eigenvalue weighted by Crippen LogP contribution is -2.09. The van der Waals surface area contributed by atoms with Gasteiger partial charge in [-0.15, -0.1) is 0 Å². The molecule has 0 aliphatic heterocycles. The average Bonchev–Trinajstić information content (AvgIpc) is 2.19. The Morgan fingerprint density at radius 1 is 1.67 bits per heavy atom. The third-order valence-corrected chi connectivity index (χ3v) is 2.36. The number of hydrogen-bond acceptors (Lipinski definition) is 3. The molecule has 0 aliphatic rings. The van der Waals surface area contributed by atoms with Crippen LogP contribution in [0.15, 0.2) is 29.3 Å². The molecule has 3 nitrogen and oxygen atoms in total. The monoisotopic (exact) mass is 269 g/mol. The highest BCUT2D eigenvalue weighted by Crippen LogP contribution is 2.23. The van der Waals surface area contributed by atoms with Crippen LogP contribution in [0, 0.1) is 6.92 Å². The van der Waals surface area contributed by atoms with Crippen LogP contribution in [-0.4, -0.2) is 12.6 Å². The van der Waals surface area contributed by atoms with Crippen molar-refractivity contribution in [1.29, 1.82) is 0 Å². The first-order chi connectivity index (χ1) is 7.06. The van der Waals surface area contributed by atoms with E-state index in [-0.39, 0.29) is 6.61 Å². The zero-order valence-corrected chi connectivity index (χ0v) is 10.0. The largest absolute Gasteiger partial charge is 0.458 e. The molecule has 0 fully saturated rings. The number of rotatable bonds is 3. The van der Waals surface area contributed by atoms with E-state index >= 15 is 0 Å². The van der Waals surface area contributed by atoms with Gasteiger partial charge >= 0.3 is 5.97 Å². The molecule has 0 heterocycles. The van der Waals surface area contributed by atoms with Gasteiger partial charge in [0.05, 0.1) is 5.56 Å². The highest BCUT2D eigenvalue weighted by Gasteiger charge is 2.13. The fourth-order valence-corrected chi connectivity index (χ4v) is 1.71. The number of esters is 1. The minimum Gasteiger partial charge on any atom is -0.458 e. The molecule has 4 heteroatoms. The quantitative estimate of drug-likeness (QED) is 0.522. The Balaban J connectivity index is 3.02. The first kappa shape index (κ1) is 11.8. The van der Waals surface area contributed by atoms with Gasteiger partial charge in [-0.2, -0.15) is 0 Å². The molecule has 1 aromatic carbocycles. The van der Waals surface area contributed by atoms with Gasteiger partial charge in [-0.05, 0) is 24.6 Å². The molecule has 0 atom stereocenters. The summed E-state index contributed by atoms with van der Waals surface area (Å²) >= 11 is 3.30. The van der Waals surface area contributed by atoms with E-state index < -0.39 is 5.97 Å². The molecule has 1 aromatic rings. The summed E-state index contributed by atoms with van der Waals surface area (Å²) in [6.07, 6.45) is 1.51. The normalized spacial score (nSPS) is 9.73. The minimum atomic E-state index is -0.434. The number of anilines is 1. The van der Waals surface area contributed by atoms with E-state index in [0.717, 1.165) is 10.0 Å². The van der Waals surface area contributed by atoms with Crippen LogP contribution in [-0.2, 0) is 4.74 Å². The second-order valence-corrected chi connectivity index (χ2v) is 3.99. The zero-order chi connectivity index (χ0) is 11.4. The predicted molar refractivity (Wildman–Crippen MR) is 63.8 cm³/mol. The molecule has 2 N–H and O–H groups in total. The van der Waals surface area contributed by atoms with Gasteiger partial charge in [0.15, 0.2) is 0 Å². The van der Waals surface area contributed by atoms with Gasteiger partial charge in [-0.25, -0.2) is 4.79 Å². The van der Waals surface area contributed by atoms with Crippen LogP contribution in [0.4, 0.5) is 5.69 Å². The Morgan fingerprint density at radius 2 is 2.33 bits per heavy atom. The van der Waals surface area contributed by atoms with Crippen LogP contribution < -0.4 is 5.73 Å². The molecule has 0 spiro atoms. The summed E-state index contributed by atoms with van der Waals surface area (Å²) in [5.41, 5.74) is 7.45. The molecule has 0 saturated heterocycles. The van der Waals surface area contributed by atoms with Gasteiger partial charge in [0.1, 0.15) is 6.61 Å². The number of ether oxygens (including phenoxy) is 1. The second kappa shape index (κ2) is 4.98. The molecule has 0 amide bonds. The molecule has 0 bridgehead atoms. The van der Waals surface area contributed by atoms with E-state index in [9.17, 15) is 4.79 Å². The van der Waals surface area contributed by atoms with Crippen LogP contribution in [0.1, 0.15) is 15.9 Å². The summed E-state index contributed by atoms with van der Waals surface area (Å²) in [6, 6.07) is 3.49. The number of halogens is 1. The van der Waals surface area contributed by atoms with Crippen LogP contribution in [0.5, 0.6) is 0 Å². The van der Waals surface area contributed by atoms with E-state index in [0.29, 0.717) is 11.3 Å². The summed E-state index contributed by atoms with van der Waals surface area (Å²) in [5, 5.41) is 0. The second-order valence-electron chi connectivity index (χ2n) is 3.07. The van der Waals surface area contributed by atoms with Gasteiger partial charge in [0.2, 0.25) is 0 Å². The summed E-state index contributed by atoms with van der Waals surface area (Å²) in [6.45, 7) is 5.49. The summed E-state index contributed by atoms with van der Waals surface area (Å²) in [5.74, 6) is -0.434. The zero-order valence-electron chi connectivity index (χ0n) is 8.42. The van der Waals surface area contributed by atoms with E-state index in [1.165, 1.54) is 6.08 Å².